The lowest BCUT2D eigenvalue weighted by Crippen LogP contribution is -2.36. The maximum Gasteiger partial charge on any atom is 0.262 e. The summed E-state index contributed by atoms with van der Waals surface area (Å²) in [5.41, 5.74) is 2.53. The number of aryl methyl sites for hydroxylation is 1. The van der Waals surface area contributed by atoms with Gasteiger partial charge in [0.15, 0.2) is 0 Å². The zero-order chi connectivity index (χ0) is 17.5. The highest BCUT2D eigenvalue weighted by Gasteiger charge is 2.29. The van der Waals surface area contributed by atoms with Crippen molar-refractivity contribution in [1.82, 2.24) is 14.5 Å². The van der Waals surface area contributed by atoms with Crippen molar-refractivity contribution in [2.75, 3.05) is 13.1 Å². The second kappa shape index (κ2) is 6.63. The summed E-state index contributed by atoms with van der Waals surface area (Å²) < 4.78 is 1.76. The van der Waals surface area contributed by atoms with Gasteiger partial charge in [0.25, 0.3) is 5.56 Å². The summed E-state index contributed by atoms with van der Waals surface area (Å²) in [6.45, 7) is 3.07. The third-order valence-corrected chi connectivity index (χ3v) is 7.02. The van der Waals surface area contributed by atoms with Crippen LogP contribution in [-0.4, -0.2) is 33.6 Å². The first kappa shape index (κ1) is 16.2. The van der Waals surface area contributed by atoms with Gasteiger partial charge in [0, 0.05) is 10.9 Å². The van der Waals surface area contributed by atoms with Crippen molar-refractivity contribution in [2.45, 2.75) is 44.7 Å². The van der Waals surface area contributed by atoms with E-state index in [0.29, 0.717) is 12.6 Å². The largest absolute Gasteiger partial charge is 0.300 e. The molecule has 1 atom stereocenters. The summed E-state index contributed by atoms with van der Waals surface area (Å²) >= 11 is 1.74. The number of benzene rings is 1. The van der Waals surface area contributed by atoms with Crippen molar-refractivity contribution >= 4 is 21.6 Å². The molecule has 2 aliphatic rings. The molecule has 3 aromatic rings. The normalized spacial score (nSPS) is 20.5. The van der Waals surface area contributed by atoms with E-state index in [2.05, 4.69) is 22.0 Å². The fourth-order valence-electron chi connectivity index (χ4n) is 4.49. The van der Waals surface area contributed by atoms with E-state index in [1.165, 1.54) is 42.8 Å². The van der Waals surface area contributed by atoms with Gasteiger partial charge >= 0.3 is 0 Å². The Bertz CT molecular complexity index is 986. The summed E-state index contributed by atoms with van der Waals surface area (Å²) in [5.74, 6) is 0. The number of fused-ring (bicyclic) bond motifs is 3. The van der Waals surface area contributed by atoms with Crippen molar-refractivity contribution in [3.8, 4) is 0 Å². The Kier molecular flexibility index (Phi) is 4.14. The molecule has 1 fully saturated rings. The maximum absolute atomic E-state index is 13.1. The molecule has 5 rings (SSSR count). The fourth-order valence-corrected chi connectivity index (χ4v) is 5.74. The number of thiophene rings is 1. The van der Waals surface area contributed by atoms with Gasteiger partial charge < -0.3 is 4.90 Å². The Morgan fingerprint density at radius 1 is 1.15 bits per heavy atom. The average Bonchev–Trinajstić information content (AvgIpc) is 3.32. The van der Waals surface area contributed by atoms with Gasteiger partial charge in [-0.25, -0.2) is 4.98 Å². The molecule has 1 aliphatic heterocycles. The van der Waals surface area contributed by atoms with Crippen molar-refractivity contribution in [3.05, 3.63) is 63.0 Å². The van der Waals surface area contributed by atoms with Gasteiger partial charge in [-0.1, -0.05) is 30.3 Å². The van der Waals surface area contributed by atoms with Crippen LogP contribution >= 0.6 is 11.3 Å². The van der Waals surface area contributed by atoms with Gasteiger partial charge in [-0.3, -0.25) is 9.36 Å². The van der Waals surface area contributed by atoms with E-state index in [0.717, 1.165) is 28.6 Å². The minimum atomic E-state index is 0.121. The molecule has 5 heteroatoms. The molecule has 0 radical (unpaired) electrons. The molecule has 2 aromatic heterocycles. The SMILES string of the molecule is O=c1c2c3c(sc2ncn1Cc1ccccc1)C[C@@H](N1CCCC1)CC3. The number of likely N-dealkylation sites (tertiary alicyclic amines) is 1. The van der Waals surface area contributed by atoms with Gasteiger partial charge in [-0.15, -0.1) is 11.3 Å². The number of aromatic nitrogens is 2. The smallest absolute Gasteiger partial charge is 0.262 e. The molecule has 0 saturated carbocycles. The van der Waals surface area contributed by atoms with Crippen LogP contribution < -0.4 is 5.56 Å². The summed E-state index contributed by atoms with van der Waals surface area (Å²) in [6, 6.07) is 10.8. The molecule has 0 amide bonds. The summed E-state index contributed by atoms with van der Waals surface area (Å²) in [6.07, 6.45) is 7.67. The number of rotatable bonds is 3. The Labute approximate surface area is 157 Å². The molecule has 4 nitrogen and oxygen atoms in total. The van der Waals surface area contributed by atoms with E-state index in [9.17, 15) is 4.79 Å². The Morgan fingerprint density at radius 2 is 1.96 bits per heavy atom. The summed E-state index contributed by atoms with van der Waals surface area (Å²) in [5, 5.41) is 0.878. The molecule has 0 spiro atoms. The van der Waals surface area contributed by atoms with Gasteiger partial charge in [0.2, 0.25) is 0 Å². The number of hydrogen-bond donors (Lipinski definition) is 0. The maximum atomic E-state index is 13.1. The first-order chi connectivity index (χ1) is 12.8. The Morgan fingerprint density at radius 3 is 2.77 bits per heavy atom. The van der Waals surface area contributed by atoms with Gasteiger partial charge in [0.1, 0.15) is 4.83 Å². The average molecular weight is 366 g/mol. The number of nitrogens with zero attached hydrogens (tertiary/aromatic N) is 3. The lowest BCUT2D eigenvalue weighted by Gasteiger charge is -2.30. The van der Waals surface area contributed by atoms with Crippen LogP contribution in [0.4, 0.5) is 0 Å². The van der Waals surface area contributed by atoms with Crippen LogP contribution in [0.5, 0.6) is 0 Å². The molecule has 134 valence electrons. The zero-order valence-corrected chi connectivity index (χ0v) is 15.7. The van der Waals surface area contributed by atoms with Crippen LogP contribution in [0, 0.1) is 0 Å². The zero-order valence-electron chi connectivity index (χ0n) is 14.9. The highest BCUT2D eigenvalue weighted by molar-refractivity contribution is 7.18. The predicted octanol–water partition coefficient (Wildman–Crippen LogP) is 3.46. The predicted molar refractivity (Wildman–Crippen MR) is 106 cm³/mol. The van der Waals surface area contributed by atoms with E-state index in [-0.39, 0.29) is 5.56 Å². The monoisotopic (exact) mass is 365 g/mol. The second-order valence-corrected chi connectivity index (χ2v) is 8.57. The fraction of sp³-hybridized carbons (Fsp3) is 0.429. The minimum Gasteiger partial charge on any atom is -0.300 e. The van der Waals surface area contributed by atoms with E-state index < -0.39 is 0 Å². The molecule has 1 aliphatic carbocycles. The quantitative estimate of drug-likeness (QED) is 0.713. The van der Waals surface area contributed by atoms with E-state index in [1.54, 1.807) is 22.2 Å². The van der Waals surface area contributed by atoms with Crippen LogP contribution in [0.1, 0.15) is 35.3 Å². The molecular weight excluding hydrogens is 342 g/mol. The molecule has 1 saturated heterocycles. The molecule has 26 heavy (non-hydrogen) atoms. The topological polar surface area (TPSA) is 38.1 Å². The van der Waals surface area contributed by atoms with Gasteiger partial charge in [-0.2, -0.15) is 0 Å². The van der Waals surface area contributed by atoms with Gasteiger partial charge in [0.05, 0.1) is 18.3 Å². The van der Waals surface area contributed by atoms with Crippen molar-refractivity contribution in [1.29, 1.82) is 0 Å². The van der Waals surface area contributed by atoms with Crippen molar-refractivity contribution in [2.24, 2.45) is 0 Å². The first-order valence-electron chi connectivity index (χ1n) is 9.57. The minimum absolute atomic E-state index is 0.121. The molecule has 0 bridgehead atoms. The van der Waals surface area contributed by atoms with Crippen molar-refractivity contribution < 1.29 is 0 Å². The third kappa shape index (κ3) is 2.79. The van der Waals surface area contributed by atoms with Crippen LogP contribution in [0.2, 0.25) is 0 Å². The van der Waals surface area contributed by atoms with E-state index in [1.807, 2.05) is 18.2 Å². The summed E-state index contributed by atoms with van der Waals surface area (Å²) in [7, 11) is 0. The van der Waals surface area contributed by atoms with Crippen LogP contribution in [0.3, 0.4) is 0 Å². The highest BCUT2D eigenvalue weighted by Crippen LogP contribution is 2.35. The molecule has 1 aromatic carbocycles. The second-order valence-electron chi connectivity index (χ2n) is 7.49. The highest BCUT2D eigenvalue weighted by atomic mass is 32.1. The molecule has 0 unspecified atom stereocenters. The number of hydrogen-bond acceptors (Lipinski definition) is 4. The standard InChI is InChI=1S/C21H23N3OS/c25-21-19-17-9-8-16(23-10-4-5-11-23)12-18(17)26-20(19)22-14-24(21)13-15-6-2-1-3-7-15/h1-3,6-7,14,16H,4-5,8-13H2/t16-/m0/s1. The van der Waals surface area contributed by atoms with Gasteiger partial charge in [-0.05, 0) is 56.3 Å². The van der Waals surface area contributed by atoms with E-state index >= 15 is 0 Å². The molecule has 0 N–H and O–H groups in total. The lowest BCUT2D eigenvalue weighted by atomic mass is 9.92. The van der Waals surface area contributed by atoms with Crippen LogP contribution in [0.25, 0.3) is 10.2 Å². The summed E-state index contributed by atoms with van der Waals surface area (Å²) in [4.78, 5) is 22.7. The van der Waals surface area contributed by atoms with Crippen LogP contribution in [0.15, 0.2) is 41.5 Å². The van der Waals surface area contributed by atoms with Crippen molar-refractivity contribution in [3.63, 3.8) is 0 Å². The molecule has 3 heterocycles. The first-order valence-corrected chi connectivity index (χ1v) is 10.4. The molecular formula is C21H23N3OS. The Balaban J connectivity index is 1.50. The van der Waals surface area contributed by atoms with E-state index in [4.69, 9.17) is 0 Å². The Hall–Kier alpha value is -1.98. The third-order valence-electron chi connectivity index (χ3n) is 5.86. The van der Waals surface area contributed by atoms with Crippen LogP contribution in [-0.2, 0) is 19.4 Å². The lowest BCUT2D eigenvalue weighted by molar-refractivity contribution is 0.224.